The molecule has 0 aliphatic rings. The number of carbonyl (C=O) groups excluding carboxylic acids is 1. The van der Waals surface area contributed by atoms with Crippen LogP contribution in [0.5, 0.6) is 11.5 Å². The fourth-order valence-electron chi connectivity index (χ4n) is 2.97. The lowest BCUT2D eigenvalue weighted by Crippen LogP contribution is -2.13. The van der Waals surface area contributed by atoms with Gasteiger partial charge in [0.15, 0.2) is 0 Å². The molecule has 0 fully saturated rings. The number of amides is 1. The summed E-state index contributed by atoms with van der Waals surface area (Å²) in [6.45, 7) is 4.57. The zero-order valence-electron chi connectivity index (χ0n) is 16.2. The van der Waals surface area contributed by atoms with Crippen LogP contribution in [0.4, 0.5) is 5.69 Å². The molecule has 0 radical (unpaired) electrons. The third kappa shape index (κ3) is 4.28. The molecule has 0 aliphatic heterocycles. The standard InChI is InChI=1S/C21H22ClN3O3/c1-13-8-14(2)25(24-13)12-15-6-5-7-16(9-15)21(26)23-18-11-19(27-3)17(22)10-20(18)28-4/h5-11H,12H2,1-4H3,(H,23,26). The van der Waals surface area contributed by atoms with Crippen LogP contribution in [0.2, 0.25) is 5.02 Å². The maximum Gasteiger partial charge on any atom is 0.255 e. The van der Waals surface area contributed by atoms with Crippen molar-refractivity contribution in [3.8, 4) is 11.5 Å². The highest BCUT2D eigenvalue weighted by Gasteiger charge is 2.14. The lowest BCUT2D eigenvalue weighted by Gasteiger charge is -2.13. The van der Waals surface area contributed by atoms with Crippen LogP contribution >= 0.6 is 11.6 Å². The lowest BCUT2D eigenvalue weighted by molar-refractivity contribution is 0.102. The van der Waals surface area contributed by atoms with Gasteiger partial charge in [-0.2, -0.15) is 5.10 Å². The SMILES string of the molecule is COc1cc(NC(=O)c2cccc(Cn3nc(C)cc3C)c2)c(OC)cc1Cl. The number of aromatic nitrogens is 2. The molecule has 0 atom stereocenters. The van der Waals surface area contributed by atoms with E-state index in [1.165, 1.54) is 14.2 Å². The molecule has 0 saturated heterocycles. The molecule has 1 heterocycles. The van der Waals surface area contributed by atoms with Crippen LogP contribution in [-0.4, -0.2) is 29.9 Å². The van der Waals surface area contributed by atoms with E-state index < -0.39 is 0 Å². The number of carbonyl (C=O) groups is 1. The van der Waals surface area contributed by atoms with E-state index in [1.54, 1.807) is 18.2 Å². The van der Waals surface area contributed by atoms with Crippen LogP contribution < -0.4 is 14.8 Å². The predicted octanol–water partition coefficient (Wildman–Crippen LogP) is 4.47. The highest BCUT2D eigenvalue weighted by molar-refractivity contribution is 6.32. The Morgan fingerprint density at radius 1 is 1.11 bits per heavy atom. The highest BCUT2D eigenvalue weighted by atomic mass is 35.5. The van der Waals surface area contributed by atoms with Gasteiger partial charge in [-0.3, -0.25) is 9.48 Å². The lowest BCUT2D eigenvalue weighted by atomic mass is 10.1. The first-order chi connectivity index (χ1) is 13.4. The number of benzene rings is 2. The number of hydrogen-bond acceptors (Lipinski definition) is 4. The molecule has 6 nitrogen and oxygen atoms in total. The topological polar surface area (TPSA) is 65.4 Å². The van der Waals surface area contributed by atoms with Crippen molar-refractivity contribution in [3.05, 3.63) is 70.0 Å². The van der Waals surface area contributed by atoms with Crippen molar-refractivity contribution < 1.29 is 14.3 Å². The Hall–Kier alpha value is -2.99. The molecule has 1 aromatic heterocycles. The number of nitrogens with zero attached hydrogens (tertiary/aromatic N) is 2. The summed E-state index contributed by atoms with van der Waals surface area (Å²) in [5.74, 6) is 0.659. The summed E-state index contributed by atoms with van der Waals surface area (Å²) in [6.07, 6.45) is 0. The molecule has 0 unspecified atom stereocenters. The van der Waals surface area contributed by atoms with Crippen LogP contribution in [-0.2, 0) is 6.54 Å². The maximum absolute atomic E-state index is 12.8. The van der Waals surface area contributed by atoms with E-state index >= 15 is 0 Å². The van der Waals surface area contributed by atoms with Gasteiger partial charge < -0.3 is 14.8 Å². The van der Waals surface area contributed by atoms with E-state index in [1.807, 2.05) is 42.8 Å². The summed E-state index contributed by atoms with van der Waals surface area (Å²) in [6, 6.07) is 12.7. The highest BCUT2D eigenvalue weighted by Crippen LogP contribution is 2.36. The number of halogens is 1. The van der Waals surface area contributed by atoms with Gasteiger partial charge in [-0.05, 0) is 37.6 Å². The molecule has 3 aromatic rings. The number of methoxy groups -OCH3 is 2. The number of nitrogens with one attached hydrogen (secondary N) is 1. The number of aryl methyl sites for hydroxylation is 2. The maximum atomic E-state index is 12.8. The average Bonchev–Trinajstić information content (AvgIpc) is 2.99. The monoisotopic (exact) mass is 399 g/mol. The van der Waals surface area contributed by atoms with Gasteiger partial charge in [0.2, 0.25) is 0 Å². The van der Waals surface area contributed by atoms with Gasteiger partial charge in [-0.15, -0.1) is 0 Å². The summed E-state index contributed by atoms with van der Waals surface area (Å²) in [7, 11) is 3.03. The van der Waals surface area contributed by atoms with Crippen LogP contribution in [0.1, 0.15) is 27.3 Å². The Labute approximate surface area is 169 Å². The van der Waals surface area contributed by atoms with Crippen molar-refractivity contribution in [2.75, 3.05) is 19.5 Å². The van der Waals surface area contributed by atoms with Gasteiger partial charge in [0.05, 0.1) is 37.2 Å². The van der Waals surface area contributed by atoms with Gasteiger partial charge in [-0.1, -0.05) is 23.7 Å². The van der Waals surface area contributed by atoms with E-state index in [2.05, 4.69) is 10.4 Å². The molecular weight excluding hydrogens is 378 g/mol. The average molecular weight is 400 g/mol. The van der Waals surface area contributed by atoms with E-state index in [4.69, 9.17) is 21.1 Å². The molecular formula is C21H22ClN3O3. The summed E-state index contributed by atoms with van der Waals surface area (Å²) in [5.41, 5.74) is 4.05. The predicted molar refractivity (Wildman–Crippen MR) is 110 cm³/mol. The first-order valence-electron chi connectivity index (χ1n) is 8.74. The summed E-state index contributed by atoms with van der Waals surface area (Å²) in [4.78, 5) is 12.8. The molecule has 7 heteroatoms. The van der Waals surface area contributed by atoms with Gasteiger partial charge in [0.1, 0.15) is 11.5 Å². The Bertz CT molecular complexity index is 1010. The Morgan fingerprint density at radius 2 is 1.86 bits per heavy atom. The second-order valence-electron chi connectivity index (χ2n) is 6.43. The second-order valence-corrected chi connectivity index (χ2v) is 6.83. The van der Waals surface area contributed by atoms with Gasteiger partial charge in [-0.25, -0.2) is 0 Å². The van der Waals surface area contributed by atoms with Crippen LogP contribution in [0, 0.1) is 13.8 Å². The number of anilines is 1. The van der Waals surface area contributed by atoms with Crippen molar-refractivity contribution in [3.63, 3.8) is 0 Å². The second kappa shape index (κ2) is 8.35. The number of rotatable bonds is 6. The molecule has 0 saturated carbocycles. The molecule has 28 heavy (non-hydrogen) atoms. The van der Waals surface area contributed by atoms with Crippen molar-refractivity contribution in [1.29, 1.82) is 0 Å². The van der Waals surface area contributed by atoms with E-state index in [0.717, 1.165) is 17.0 Å². The Morgan fingerprint density at radius 3 is 2.50 bits per heavy atom. The molecule has 0 spiro atoms. The minimum Gasteiger partial charge on any atom is -0.495 e. The Kier molecular flexibility index (Phi) is 5.90. The molecule has 1 amide bonds. The quantitative estimate of drug-likeness (QED) is 0.664. The Balaban J connectivity index is 1.83. The fraction of sp³-hybridized carbons (Fsp3) is 0.238. The van der Waals surface area contributed by atoms with Crippen LogP contribution in [0.3, 0.4) is 0 Å². The normalized spacial score (nSPS) is 10.6. The summed E-state index contributed by atoms with van der Waals surface area (Å²) >= 11 is 6.12. The number of ether oxygens (including phenoxy) is 2. The van der Waals surface area contributed by atoms with E-state index in [-0.39, 0.29) is 5.91 Å². The van der Waals surface area contributed by atoms with Crippen molar-refractivity contribution in [1.82, 2.24) is 9.78 Å². The zero-order chi connectivity index (χ0) is 20.3. The third-order valence-electron chi connectivity index (χ3n) is 4.35. The molecule has 3 rings (SSSR count). The van der Waals surface area contributed by atoms with Crippen LogP contribution in [0.25, 0.3) is 0 Å². The third-order valence-corrected chi connectivity index (χ3v) is 4.64. The minimum absolute atomic E-state index is 0.252. The fourth-order valence-corrected chi connectivity index (χ4v) is 3.20. The molecule has 1 N–H and O–H groups in total. The largest absolute Gasteiger partial charge is 0.495 e. The van der Waals surface area contributed by atoms with Gasteiger partial charge >= 0.3 is 0 Å². The minimum atomic E-state index is -0.252. The van der Waals surface area contributed by atoms with E-state index in [0.29, 0.717) is 34.3 Å². The first-order valence-corrected chi connectivity index (χ1v) is 9.12. The van der Waals surface area contributed by atoms with Crippen molar-refractivity contribution >= 4 is 23.2 Å². The molecule has 2 aromatic carbocycles. The number of hydrogen-bond donors (Lipinski definition) is 1. The van der Waals surface area contributed by atoms with Gasteiger partial charge in [0, 0.05) is 23.4 Å². The van der Waals surface area contributed by atoms with E-state index in [9.17, 15) is 4.79 Å². The van der Waals surface area contributed by atoms with Crippen molar-refractivity contribution in [2.24, 2.45) is 0 Å². The zero-order valence-corrected chi connectivity index (χ0v) is 17.0. The molecule has 0 bridgehead atoms. The summed E-state index contributed by atoms with van der Waals surface area (Å²) < 4.78 is 12.5. The molecule has 146 valence electrons. The van der Waals surface area contributed by atoms with Crippen LogP contribution in [0.15, 0.2) is 42.5 Å². The van der Waals surface area contributed by atoms with Gasteiger partial charge in [0.25, 0.3) is 5.91 Å². The summed E-state index contributed by atoms with van der Waals surface area (Å²) in [5, 5.41) is 7.74. The molecule has 0 aliphatic carbocycles. The first kappa shape index (κ1) is 19.8. The smallest absolute Gasteiger partial charge is 0.255 e. The van der Waals surface area contributed by atoms with Crippen molar-refractivity contribution in [2.45, 2.75) is 20.4 Å².